The van der Waals surface area contributed by atoms with Gasteiger partial charge in [-0.3, -0.25) is 4.79 Å². The van der Waals surface area contributed by atoms with Crippen molar-refractivity contribution >= 4 is 49.8 Å². The predicted molar refractivity (Wildman–Crippen MR) is 193 cm³/mol. The fourth-order valence-corrected chi connectivity index (χ4v) is 6.09. The Labute approximate surface area is 308 Å². The van der Waals surface area contributed by atoms with Crippen LogP contribution in [0.2, 0.25) is 0 Å². The summed E-state index contributed by atoms with van der Waals surface area (Å²) in [6.45, 7) is 2.69. The predicted octanol–water partition coefficient (Wildman–Crippen LogP) is 9.94. The number of para-hydroxylation sites is 1. The van der Waals surface area contributed by atoms with Crippen molar-refractivity contribution in [2.24, 2.45) is 11.8 Å². The first-order valence-electron chi connectivity index (χ1n) is 16.4. The summed E-state index contributed by atoms with van der Waals surface area (Å²) in [7, 11) is 0. The number of alkyl halides is 2. The summed E-state index contributed by atoms with van der Waals surface area (Å²) in [5.41, 5.74) is 0.614. The molecule has 3 aromatic rings. The molecule has 1 saturated carbocycles. The molecule has 1 aliphatic carbocycles. The number of benzene rings is 3. The Morgan fingerprint density at radius 3 is 2.00 bits per heavy atom. The maximum absolute atomic E-state index is 15.2. The molecule has 0 radical (unpaired) electrons. The molecule has 1 aliphatic rings. The molecule has 50 heavy (non-hydrogen) atoms. The van der Waals surface area contributed by atoms with Crippen LogP contribution in [-0.2, 0) is 19.0 Å². The molecule has 0 heterocycles. The van der Waals surface area contributed by atoms with E-state index in [1.165, 1.54) is 6.08 Å². The first-order valence-corrected chi connectivity index (χ1v) is 18.0. The smallest absolute Gasteiger partial charge is 0.338 e. The fraction of sp³-hybridized carbons (Fsp3) is 0.359. The third kappa shape index (κ3) is 12.5. The second kappa shape index (κ2) is 19.0. The van der Waals surface area contributed by atoms with Crippen LogP contribution in [0.15, 0.2) is 112 Å². The van der Waals surface area contributed by atoms with Gasteiger partial charge in [-0.25, -0.2) is 9.59 Å². The van der Waals surface area contributed by atoms with Crippen LogP contribution in [0.3, 0.4) is 0 Å². The van der Waals surface area contributed by atoms with E-state index in [-0.39, 0.29) is 24.9 Å². The standard InChI is InChI=1S/C39H40Br2F2O7/c1-26(2)48-36(44)13-9-4-3-8-12-32-33(22-23-39(42,43)25-47-31-10-6-5-7-11-31)35(50-38(46)28-16-20-30(41)21-17-28)24-34(32)49-37(45)27-14-18-29(40)19-15-27/h3,5-8,10-11,14-23,26,32-35H,4,9,12-13,24-25H2,1-2H3/b8-3-,23-22+/t32-,33-,34+,35-/m1/s1. The van der Waals surface area contributed by atoms with Crippen molar-refractivity contribution < 1.29 is 42.1 Å². The first-order chi connectivity index (χ1) is 23.9. The molecule has 0 unspecified atom stereocenters. The minimum atomic E-state index is -3.35. The maximum atomic E-state index is 15.2. The summed E-state index contributed by atoms with van der Waals surface area (Å²) in [5, 5.41) is 0. The Hall–Kier alpha value is -3.83. The van der Waals surface area contributed by atoms with E-state index in [4.69, 9.17) is 18.9 Å². The van der Waals surface area contributed by atoms with Gasteiger partial charge in [-0.2, -0.15) is 8.78 Å². The van der Waals surface area contributed by atoms with Crippen LogP contribution in [0.4, 0.5) is 8.78 Å². The van der Waals surface area contributed by atoms with Crippen molar-refractivity contribution in [2.75, 3.05) is 6.61 Å². The Morgan fingerprint density at radius 2 is 1.42 bits per heavy atom. The van der Waals surface area contributed by atoms with Crippen molar-refractivity contribution in [2.45, 2.75) is 70.2 Å². The van der Waals surface area contributed by atoms with Gasteiger partial charge in [-0.05, 0) is 99.8 Å². The van der Waals surface area contributed by atoms with Crippen LogP contribution in [0.5, 0.6) is 5.75 Å². The van der Waals surface area contributed by atoms with Crippen molar-refractivity contribution in [3.8, 4) is 5.75 Å². The summed E-state index contributed by atoms with van der Waals surface area (Å²) in [6, 6.07) is 21.6. The number of rotatable bonds is 16. The van der Waals surface area contributed by atoms with Crippen LogP contribution in [0.25, 0.3) is 0 Å². The lowest BCUT2D eigenvalue weighted by Gasteiger charge is -2.24. The lowest BCUT2D eigenvalue weighted by Crippen LogP contribution is -2.28. The zero-order chi connectivity index (χ0) is 36.1. The number of carbonyl (C=O) groups is 3. The molecule has 266 valence electrons. The molecular weight excluding hydrogens is 778 g/mol. The number of carbonyl (C=O) groups excluding carboxylic acids is 3. The highest BCUT2D eigenvalue weighted by atomic mass is 79.9. The van der Waals surface area contributed by atoms with E-state index in [0.717, 1.165) is 15.0 Å². The summed E-state index contributed by atoms with van der Waals surface area (Å²) < 4.78 is 54.5. The van der Waals surface area contributed by atoms with Gasteiger partial charge in [0.25, 0.3) is 5.92 Å². The second-order valence-electron chi connectivity index (χ2n) is 12.2. The topological polar surface area (TPSA) is 88.1 Å². The van der Waals surface area contributed by atoms with Gasteiger partial charge in [0.2, 0.25) is 0 Å². The van der Waals surface area contributed by atoms with Crippen molar-refractivity contribution in [1.29, 1.82) is 0 Å². The third-order valence-corrected chi connectivity index (χ3v) is 9.03. The number of allylic oxidation sites excluding steroid dienone is 2. The van der Waals surface area contributed by atoms with Crippen LogP contribution >= 0.6 is 31.9 Å². The van der Waals surface area contributed by atoms with Crippen LogP contribution in [-0.4, -0.2) is 48.7 Å². The average molecular weight is 819 g/mol. The number of unbranched alkanes of at least 4 members (excludes halogenated alkanes) is 1. The molecule has 0 N–H and O–H groups in total. The van der Waals surface area contributed by atoms with E-state index in [2.05, 4.69) is 31.9 Å². The van der Waals surface area contributed by atoms with Gasteiger partial charge >= 0.3 is 17.9 Å². The monoisotopic (exact) mass is 816 g/mol. The van der Waals surface area contributed by atoms with Gasteiger partial charge < -0.3 is 18.9 Å². The number of halogens is 4. The molecule has 0 saturated heterocycles. The maximum Gasteiger partial charge on any atom is 0.338 e. The lowest BCUT2D eigenvalue weighted by molar-refractivity contribution is -0.147. The number of ether oxygens (including phenoxy) is 4. The van der Waals surface area contributed by atoms with E-state index in [0.29, 0.717) is 36.1 Å². The van der Waals surface area contributed by atoms with E-state index in [1.54, 1.807) is 92.7 Å². The Morgan fingerprint density at radius 1 is 0.840 bits per heavy atom. The first kappa shape index (κ1) is 39.0. The van der Waals surface area contributed by atoms with E-state index in [9.17, 15) is 14.4 Å². The van der Waals surface area contributed by atoms with Crippen LogP contribution < -0.4 is 4.74 Å². The number of esters is 3. The second-order valence-corrected chi connectivity index (χ2v) is 14.1. The van der Waals surface area contributed by atoms with Gasteiger partial charge in [0.15, 0.2) is 6.61 Å². The van der Waals surface area contributed by atoms with Gasteiger partial charge in [-0.15, -0.1) is 0 Å². The van der Waals surface area contributed by atoms with E-state index < -0.39 is 48.5 Å². The molecule has 0 aliphatic heterocycles. The summed E-state index contributed by atoms with van der Waals surface area (Å²) >= 11 is 6.72. The minimum Gasteiger partial charge on any atom is -0.487 e. The Kier molecular flexibility index (Phi) is 14.8. The Bertz CT molecular complexity index is 1610. The number of hydrogen-bond donors (Lipinski definition) is 0. The molecule has 3 aromatic carbocycles. The van der Waals surface area contributed by atoms with Gasteiger partial charge in [0.1, 0.15) is 18.0 Å². The molecular formula is C39H40Br2F2O7. The SMILES string of the molecule is CC(C)OC(=O)CCC/C=C\C[C@@H]1[C@@H](/C=C/C(F)(F)COc2ccccc2)[C@H](OC(=O)c2ccc(Br)cc2)C[C@@H]1OC(=O)c1ccc(Br)cc1. The highest BCUT2D eigenvalue weighted by Gasteiger charge is 2.46. The number of hydrogen-bond acceptors (Lipinski definition) is 7. The normalized spacial score (nSPS) is 19.2. The third-order valence-electron chi connectivity index (χ3n) is 7.97. The van der Waals surface area contributed by atoms with Crippen molar-refractivity contribution in [1.82, 2.24) is 0 Å². The molecule has 0 bridgehead atoms. The highest BCUT2D eigenvalue weighted by molar-refractivity contribution is 9.10. The summed E-state index contributed by atoms with van der Waals surface area (Å²) in [5.74, 6) is -5.77. The van der Waals surface area contributed by atoms with Crippen LogP contribution in [0.1, 0.15) is 66.7 Å². The molecule has 1 fully saturated rings. The zero-order valence-corrected chi connectivity index (χ0v) is 31.0. The highest BCUT2D eigenvalue weighted by Crippen LogP contribution is 2.41. The molecule has 0 amide bonds. The van der Waals surface area contributed by atoms with Crippen LogP contribution in [0, 0.1) is 11.8 Å². The molecule has 0 spiro atoms. The Balaban J connectivity index is 1.57. The fourth-order valence-electron chi connectivity index (χ4n) is 5.56. The molecule has 4 atom stereocenters. The largest absolute Gasteiger partial charge is 0.487 e. The summed E-state index contributed by atoms with van der Waals surface area (Å²) in [4.78, 5) is 38.5. The quantitative estimate of drug-likeness (QED) is 0.0616. The van der Waals surface area contributed by atoms with Gasteiger partial charge in [0.05, 0.1) is 17.2 Å². The average Bonchev–Trinajstić information content (AvgIpc) is 3.39. The van der Waals surface area contributed by atoms with Crippen molar-refractivity contribution in [3.05, 3.63) is 123 Å². The minimum absolute atomic E-state index is 0.102. The lowest BCUT2D eigenvalue weighted by atomic mass is 9.89. The summed E-state index contributed by atoms with van der Waals surface area (Å²) in [6.07, 6.45) is 5.94. The van der Waals surface area contributed by atoms with E-state index >= 15 is 8.78 Å². The van der Waals surface area contributed by atoms with Crippen molar-refractivity contribution in [3.63, 3.8) is 0 Å². The van der Waals surface area contributed by atoms with E-state index in [1.807, 2.05) is 12.2 Å². The molecule has 7 nitrogen and oxygen atoms in total. The molecule has 0 aromatic heterocycles. The molecule has 4 rings (SSSR count). The zero-order valence-electron chi connectivity index (χ0n) is 27.8. The van der Waals surface area contributed by atoms with Gasteiger partial charge in [-0.1, -0.05) is 68.3 Å². The van der Waals surface area contributed by atoms with Gasteiger partial charge in [0, 0.05) is 33.6 Å². The molecule has 11 heteroatoms.